The van der Waals surface area contributed by atoms with Crippen molar-refractivity contribution in [2.24, 2.45) is 0 Å². The highest BCUT2D eigenvalue weighted by atomic mass is 16.2. The maximum absolute atomic E-state index is 12.9. The molecular formula is C20H24N2O2. The van der Waals surface area contributed by atoms with Crippen molar-refractivity contribution in [1.82, 2.24) is 9.88 Å². The minimum absolute atomic E-state index is 0.0473. The van der Waals surface area contributed by atoms with Gasteiger partial charge in [0.1, 0.15) is 0 Å². The van der Waals surface area contributed by atoms with Crippen LogP contribution in [0.4, 0.5) is 0 Å². The topological polar surface area (TPSA) is 53.2 Å². The summed E-state index contributed by atoms with van der Waals surface area (Å²) in [6, 6.07) is 9.99. The average Bonchev–Trinajstić information content (AvgIpc) is 2.87. The monoisotopic (exact) mass is 324 g/mol. The number of H-pyrrole nitrogens is 1. The second kappa shape index (κ2) is 7.77. The van der Waals surface area contributed by atoms with Crippen molar-refractivity contribution in [3.05, 3.63) is 64.5 Å². The Labute approximate surface area is 143 Å². The number of benzene rings is 1. The average molecular weight is 324 g/mol. The molecule has 0 fully saturated rings. The lowest BCUT2D eigenvalue weighted by atomic mass is 10.1. The van der Waals surface area contributed by atoms with Gasteiger partial charge in [-0.2, -0.15) is 0 Å². The molecule has 2 aromatic rings. The molecule has 4 nitrogen and oxygen atoms in total. The Bertz CT molecular complexity index is 757. The third kappa shape index (κ3) is 3.82. The molecule has 0 saturated carbocycles. The van der Waals surface area contributed by atoms with E-state index in [4.69, 9.17) is 0 Å². The third-order valence-electron chi connectivity index (χ3n) is 4.11. The van der Waals surface area contributed by atoms with Crippen LogP contribution in [-0.4, -0.2) is 34.7 Å². The summed E-state index contributed by atoms with van der Waals surface area (Å²) in [6.07, 6.45) is 3.99. The second-order valence-corrected chi connectivity index (χ2v) is 5.84. The fraction of sp³-hybridized carbons (Fsp3) is 0.300. The lowest BCUT2D eigenvalue weighted by Crippen LogP contribution is -2.31. The van der Waals surface area contributed by atoms with Gasteiger partial charge in [0, 0.05) is 25.7 Å². The number of carbonyl (C=O) groups excluding carboxylic acids is 2. The Morgan fingerprint density at radius 2 is 1.83 bits per heavy atom. The molecule has 1 aromatic carbocycles. The molecule has 4 heteroatoms. The summed E-state index contributed by atoms with van der Waals surface area (Å²) in [6.45, 7) is 8.26. The number of likely N-dealkylation sites (N-methyl/N-ethyl adjacent to an activating group) is 1. The zero-order chi connectivity index (χ0) is 17.7. The molecule has 1 aromatic heterocycles. The molecule has 1 heterocycles. The van der Waals surface area contributed by atoms with E-state index in [1.54, 1.807) is 4.90 Å². The lowest BCUT2D eigenvalue weighted by molar-refractivity contribution is 0.0781. The first-order valence-electron chi connectivity index (χ1n) is 8.16. The van der Waals surface area contributed by atoms with E-state index in [2.05, 4.69) is 4.98 Å². The Kier molecular flexibility index (Phi) is 5.74. The molecule has 24 heavy (non-hydrogen) atoms. The third-order valence-corrected chi connectivity index (χ3v) is 4.11. The van der Waals surface area contributed by atoms with Gasteiger partial charge in [-0.15, -0.1) is 0 Å². The maximum atomic E-state index is 12.9. The molecule has 0 bridgehead atoms. The minimum Gasteiger partial charge on any atom is -0.355 e. The van der Waals surface area contributed by atoms with Crippen molar-refractivity contribution >= 4 is 17.8 Å². The predicted octanol–water partition coefficient (Wildman–Crippen LogP) is 4.01. The number of hydrogen-bond donors (Lipinski definition) is 1. The normalized spacial score (nSPS) is 11.0. The highest BCUT2D eigenvalue weighted by molar-refractivity contribution is 6.02. The number of rotatable bonds is 6. The van der Waals surface area contributed by atoms with Crippen molar-refractivity contribution in [2.75, 3.05) is 13.1 Å². The first-order valence-corrected chi connectivity index (χ1v) is 8.16. The van der Waals surface area contributed by atoms with E-state index in [0.717, 1.165) is 16.8 Å². The summed E-state index contributed by atoms with van der Waals surface area (Å²) in [7, 11) is 0. The van der Waals surface area contributed by atoms with Crippen LogP contribution < -0.4 is 0 Å². The summed E-state index contributed by atoms with van der Waals surface area (Å²) in [5, 5.41) is 0. The summed E-state index contributed by atoms with van der Waals surface area (Å²) in [4.78, 5) is 29.3. The quantitative estimate of drug-likeness (QED) is 0.816. The predicted molar refractivity (Wildman–Crippen MR) is 97.3 cm³/mol. The SMILES string of the molecule is CCN(C/C=C/c1ccccc1)C(=O)c1c(C)[nH]c(C(C)=O)c1C. The number of nitrogens with one attached hydrogen (secondary N) is 1. The molecule has 0 aliphatic rings. The number of carbonyl (C=O) groups is 2. The molecule has 0 radical (unpaired) electrons. The van der Waals surface area contributed by atoms with E-state index in [0.29, 0.717) is 24.3 Å². The Hall–Kier alpha value is -2.62. The largest absolute Gasteiger partial charge is 0.355 e. The van der Waals surface area contributed by atoms with Gasteiger partial charge in [0.25, 0.3) is 5.91 Å². The summed E-state index contributed by atoms with van der Waals surface area (Å²) in [5.74, 6) is -0.101. The summed E-state index contributed by atoms with van der Waals surface area (Å²) in [5.41, 5.74) is 3.71. The molecule has 0 saturated heterocycles. The van der Waals surface area contributed by atoms with Gasteiger partial charge in [-0.1, -0.05) is 42.5 Å². The lowest BCUT2D eigenvalue weighted by Gasteiger charge is -2.19. The van der Waals surface area contributed by atoms with Gasteiger partial charge in [0.05, 0.1) is 11.3 Å². The Morgan fingerprint density at radius 3 is 2.38 bits per heavy atom. The van der Waals surface area contributed by atoms with Crippen LogP contribution in [0.1, 0.15) is 51.5 Å². The number of aromatic nitrogens is 1. The van der Waals surface area contributed by atoms with Crippen molar-refractivity contribution in [2.45, 2.75) is 27.7 Å². The zero-order valence-corrected chi connectivity index (χ0v) is 14.7. The van der Waals surface area contributed by atoms with Crippen LogP contribution in [0, 0.1) is 13.8 Å². The van der Waals surface area contributed by atoms with Gasteiger partial charge >= 0.3 is 0 Å². The van der Waals surface area contributed by atoms with Crippen LogP contribution in [-0.2, 0) is 0 Å². The van der Waals surface area contributed by atoms with Crippen molar-refractivity contribution in [3.8, 4) is 0 Å². The molecular weight excluding hydrogens is 300 g/mol. The van der Waals surface area contributed by atoms with E-state index in [1.165, 1.54) is 6.92 Å². The van der Waals surface area contributed by atoms with E-state index in [1.807, 2.05) is 63.3 Å². The summed E-state index contributed by atoms with van der Waals surface area (Å²) >= 11 is 0. The number of ketones is 1. The van der Waals surface area contributed by atoms with Gasteiger partial charge in [0.2, 0.25) is 0 Å². The minimum atomic E-state index is -0.0540. The molecule has 2 rings (SSSR count). The highest BCUT2D eigenvalue weighted by Crippen LogP contribution is 2.20. The molecule has 1 N–H and O–H groups in total. The smallest absolute Gasteiger partial charge is 0.256 e. The standard InChI is InChI=1S/C20H24N2O2/c1-5-22(13-9-12-17-10-7-6-8-11-17)20(24)18-14(2)19(16(4)23)21-15(18)3/h6-12,21H,5,13H2,1-4H3/b12-9+. The van der Waals surface area contributed by atoms with Crippen molar-refractivity contribution < 1.29 is 9.59 Å². The van der Waals surface area contributed by atoms with Gasteiger partial charge in [-0.3, -0.25) is 9.59 Å². The van der Waals surface area contributed by atoms with Gasteiger partial charge in [-0.25, -0.2) is 0 Å². The molecule has 126 valence electrons. The maximum Gasteiger partial charge on any atom is 0.256 e. The number of aromatic amines is 1. The number of amides is 1. The van der Waals surface area contributed by atoms with Crippen molar-refractivity contribution in [1.29, 1.82) is 0 Å². The van der Waals surface area contributed by atoms with Crippen molar-refractivity contribution in [3.63, 3.8) is 0 Å². The van der Waals surface area contributed by atoms with E-state index < -0.39 is 0 Å². The van der Waals surface area contributed by atoms with Gasteiger partial charge in [0.15, 0.2) is 5.78 Å². The van der Waals surface area contributed by atoms with E-state index in [9.17, 15) is 9.59 Å². The number of Topliss-reactive ketones (excluding diaryl/α,β-unsaturated/α-hetero) is 1. The summed E-state index contributed by atoms with van der Waals surface area (Å²) < 4.78 is 0. The number of aryl methyl sites for hydroxylation is 1. The van der Waals surface area contributed by atoms with Crippen LogP contribution in [0.5, 0.6) is 0 Å². The van der Waals surface area contributed by atoms with Gasteiger partial charge in [-0.05, 0) is 31.9 Å². The highest BCUT2D eigenvalue weighted by Gasteiger charge is 2.23. The van der Waals surface area contributed by atoms with Crippen LogP contribution in [0.3, 0.4) is 0 Å². The molecule has 0 atom stereocenters. The van der Waals surface area contributed by atoms with Gasteiger partial charge < -0.3 is 9.88 Å². The van der Waals surface area contributed by atoms with Crippen LogP contribution in [0.15, 0.2) is 36.4 Å². The molecule has 0 spiro atoms. The molecule has 0 aliphatic carbocycles. The van der Waals surface area contributed by atoms with Crippen LogP contribution in [0.2, 0.25) is 0 Å². The Balaban J connectivity index is 2.17. The van der Waals surface area contributed by atoms with E-state index in [-0.39, 0.29) is 11.7 Å². The van der Waals surface area contributed by atoms with Crippen LogP contribution >= 0.6 is 0 Å². The first kappa shape index (κ1) is 17.7. The molecule has 0 unspecified atom stereocenters. The van der Waals surface area contributed by atoms with E-state index >= 15 is 0 Å². The fourth-order valence-corrected chi connectivity index (χ4v) is 2.82. The Morgan fingerprint density at radius 1 is 1.17 bits per heavy atom. The second-order valence-electron chi connectivity index (χ2n) is 5.84. The first-order chi connectivity index (χ1) is 11.5. The zero-order valence-electron chi connectivity index (χ0n) is 14.7. The number of nitrogens with zero attached hydrogens (tertiary/aromatic N) is 1. The molecule has 0 aliphatic heterocycles. The molecule has 1 amide bonds. The fourth-order valence-electron chi connectivity index (χ4n) is 2.82. The van der Waals surface area contributed by atoms with Crippen LogP contribution in [0.25, 0.3) is 6.08 Å². The number of hydrogen-bond acceptors (Lipinski definition) is 2.